The van der Waals surface area contributed by atoms with Gasteiger partial charge >= 0.3 is 11.3 Å². The number of esters is 1. The molecule has 15 nitrogen and oxygen atoms in total. The van der Waals surface area contributed by atoms with E-state index in [0.29, 0.717) is 29.4 Å². The molecule has 16 heteroatoms. The Hall–Kier alpha value is -3.35. The summed E-state index contributed by atoms with van der Waals surface area (Å²) in [6.45, 7) is 6.16. The predicted octanol–water partition coefficient (Wildman–Crippen LogP) is 4.05. The van der Waals surface area contributed by atoms with Crippen molar-refractivity contribution in [3.8, 4) is 28.7 Å². The number of thioether (sulfide) groups is 1. The zero-order valence-electron chi connectivity index (χ0n) is 29.4. The minimum absolute atomic E-state index is 0.0418. The lowest BCUT2D eigenvalue weighted by molar-refractivity contribution is -0.338. The zero-order valence-corrected chi connectivity index (χ0v) is 30.2. The van der Waals surface area contributed by atoms with E-state index in [1.54, 1.807) is 19.1 Å². The number of rotatable bonds is 8. The molecular formula is C36H42O15S. The standard InChI is InChI=1S/C36H42O15S/c1-16-42-13-27-32(47-16)22(37)10-28(48-27)49-31-20-9-24-23(44-15-45-24)8-19(20)29(30-21(31)12-43-34(30)38)17-6-25(40-4)33(26(7-17)41-5)50-35(39)52-14-18-11-46-36(2,3)51-18/h6-9,16,18,21-22,27-32,37H,10-15H2,1-5H3/t16-,18?,21?,22-,27-,28+,29-,30+,31?,32+/m1/s1. The number of hydrogen-bond acceptors (Lipinski definition) is 16. The van der Waals surface area contributed by atoms with Gasteiger partial charge in [0, 0.05) is 24.0 Å². The molecular weight excluding hydrogens is 704 g/mol. The minimum atomic E-state index is -0.844. The summed E-state index contributed by atoms with van der Waals surface area (Å²) in [7, 11) is 2.93. The van der Waals surface area contributed by atoms with Gasteiger partial charge in [-0.15, -0.1) is 0 Å². The number of methoxy groups -OCH3 is 2. The Bertz CT molecular complexity index is 1670. The molecule has 0 amide bonds. The molecule has 52 heavy (non-hydrogen) atoms. The number of carbonyl (C=O) groups is 2. The fourth-order valence-corrected chi connectivity index (χ4v) is 8.58. The summed E-state index contributed by atoms with van der Waals surface area (Å²) < 4.78 is 70.4. The Labute approximate surface area is 304 Å². The first-order chi connectivity index (χ1) is 25.0. The van der Waals surface area contributed by atoms with Crippen LogP contribution in [0.4, 0.5) is 4.79 Å². The molecule has 0 aromatic heterocycles. The van der Waals surface area contributed by atoms with Gasteiger partial charge in [-0.05, 0) is 73.5 Å². The van der Waals surface area contributed by atoms with E-state index in [-0.39, 0.29) is 49.8 Å². The Morgan fingerprint density at radius 1 is 0.981 bits per heavy atom. The number of hydrogen-bond donors (Lipinski definition) is 1. The van der Waals surface area contributed by atoms with Crippen LogP contribution in [0.1, 0.15) is 55.9 Å². The van der Waals surface area contributed by atoms with Gasteiger partial charge in [-0.25, -0.2) is 4.79 Å². The SMILES string of the molecule is COc1cc([C@@H]2c3cc4c(cc3C(O[C@H]3C[C@@H](O)[C@@H]5O[C@H](C)OC[C@H]5O3)C3COC(=O)[C@@H]32)OCO4)cc(OC)c1OC(=O)SCC1COC(C)(C)O1. The van der Waals surface area contributed by atoms with Crippen molar-refractivity contribution in [1.29, 1.82) is 0 Å². The number of aliphatic hydroxyl groups is 1. The Morgan fingerprint density at radius 3 is 2.40 bits per heavy atom. The Kier molecular flexibility index (Phi) is 9.70. The number of carbonyl (C=O) groups excluding carboxylic acids is 2. The van der Waals surface area contributed by atoms with Crippen LogP contribution < -0.4 is 23.7 Å². The number of ether oxygens (including phenoxy) is 12. The molecule has 2 aromatic rings. The van der Waals surface area contributed by atoms with Crippen molar-refractivity contribution in [2.24, 2.45) is 11.8 Å². The van der Waals surface area contributed by atoms with Crippen LogP contribution in [0.5, 0.6) is 28.7 Å². The molecule has 10 atom stereocenters. The van der Waals surface area contributed by atoms with Gasteiger partial charge in [0.2, 0.25) is 12.5 Å². The van der Waals surface area contributed by atoms with Crippen molar-refractivity contribution in [3.63, 3.8) is 0 Å². The highest BCUT2D eigenvalue weighted by atomic mass is 32.2. The van der Waals surface area contributed by atoms with Crippen LogP contribution in [0.15, 0.2) is 24.3 Å². The molecule has 8 rings (SSSR count). The third-order valence-electron chi connectivity index (χ3n) is 10.2. The number of aliphatic hydroxyl groups excluding tert-OH is 1. The molecule has 4 saturated heterocycles. The van der Waals surface area contributed by atoms with Crippen LogP contribution in [0.2, 0.25) is 0 Å². The zero-order chi connectivity index (χ0) is 36.3. The maximum absolute atomic E-state index is 13.7. The second-order valence-corrected chi connectivity index (χ2v) is 14.9. The lowest BCUT2D eigenvalue weighted by Gasteiger charge is -2.45. The van der Waals surface area contributed by atoms with Gasteiger partial charge < -0.3 is 61.9 Å². The van der Waals surface area contributed by atoms with Crippen molar-refractivity contribution in [2.75, 3.05) is 46.6 Å². The molecule has 0 saturated carbocycles. The number of benzene rings is 2. The van der Waals surface area contributed by atoms with E-state index in [4.69, 9.17) is 56.8 Å². The van der Waals surface area contributed by atoms with Crippen LogP contribution in [0, 0.1) is 11.8 Å². The largest absolute Gasteiger partial charge is 0.493 e. The summed E-state index contributed by atoms with van der Waals surface area (Å²) in [5.74, 6) is -0.859. The highest BCUT2D eigenvalue weighted by molar-refractivity contribution is 8.13. The molecule has 0 bridgehead atoms. The molecule has 1 N–H and O–H groups in total. The van der Waals surface area contributed by atoms with E-state index in [1.807, 2.05) is 26.0 Å². The first kappa shape index (κ1) is 35.7. The summed E-state index contributed by atoms with van der Waals surface area (Å²) in [6, 6.07) is 7.20. The van der Waals surface area contributed by atoms with Crippen molar-refractivity contribution < 1.29 is 71.5 Å². The lowest BCUT2D eigenvalue weighted by Crippen LogP contribution is -2.56. The summed E-state index contributed by atoms with van der Waals surface area (Å²) in [4.78, 5) is 26.7. The summed E-state index contributed by atoms with van der Waals surface area (Å²) in [5.41, 5.74) is 2.16. The molecule has 0 spiro atoms. The van der Waals surface area contributed by atoms with Crippen LogP contribution in [0.3, 0.4) is 0 Å². The van der Waals surface area contributed by atoms with Gasteiger partial charge in [0.15, 0.2) is 41.4 Å². The summed E-state index contributed by atoms with van der Waals surface area (Å²) in [6.07, 6.45) is -3.97. The molecule has 6 aliphatic rings. The van der Waals surface area contributed by atoms with Gasteiger partial charge in [0.25, 0.3) is 0 Å². The molecule has 5 aliphatic heterocycles. The monoisotopic (exact) mass is 746 g/mol. The maximum atomic E-state index is 13.7. The van der Waals surface area contributed by atoms with Crippen LogP contribution in [-0.2, 0) is 38.0 Å². The van der Waals surface area contributed by atoms with Gasteiger partial charge in [0.1, 0.15) is 12.2 Å². The van der Waals surface area contributed by atoms with Gasteiger partial charge in [-0.2, -0.15) is 0 Å². The highest BCUT2D eigenvalue weighted by Gasteiger charge is 2.55. The third kappa shape index (κ3) is 6.68. The van der Waals surface area contributed by atoms with E-state index in [2.05, 4.69) is 0 Å². The highest BCUT2D eigenvalue weighted by Crippen LogP contribution is 2.57. The van der Waals surface area contributed by atoms with Gasteiger partial charge in [-0.1, -0.05) is 0 Å². The van der Waals surface area contributed by atoms with E-state index in [9.17, 15) is 14.7 Å². The van der Waals surface area contributed by atoms with Crippen molar-refractivity contribution in [3.05, 3.63) is 41.0 Å². The molecule has 5 heterocycles. The van der Waals surface area contributed by atoms with E-state index >= 15 is 0 Å². The van der Waals surface area contributed by atoms with Crippen LogP contribution >= 0.6 is 11.8 Å². The first-order valence-corrected chi connectivity index (χ1v) is 18.3. The van der Waals surface area contributed by atoms with Crippen LogP contribution in [-0.4, -0.2) is 106 Å². The predicted molar refractivity (Wildman–Crippen MR) is 179 cm³/mol. The smallest absolute Gasteiger partial charge is 0.373 e. The van der Waals surface area contributed by atoms with E-state index in [1.165, 1.54) is 14.2 Å². The average molecular weight is 747 g/mol. The van der Waals surface area contributed by atoms with Crippen molar-refractivity contribution in [2.45, 2.75) is 82.0 Å². The molecule has 2 aromatic carbocycles. The first-order valence-electron chi connectivity index (χ1n) is 17.3. The molecule has 4 fully saturated rings. The summed E-state index contributed by atoms with van der Waals surface area (Å²) in [5, 5.41) is 10.4. The second kappa shape index (κ2) is 14.1. The van der Waals surface area contributed by atoms with Gasteiger partial charge in [-0.3, -0.25) is 4.79 Å². The molecule has 1 aliphatic carbocycles. The Balaban J connectivity index is 1.11. The number of cyclic esters (lactones) is 1. The van der Waals surface area contributed by atoms with Crippen LogP contribution in [0.25, 0.3) is 0 Å². The molecule has 282 valence electrons. The second-order valence-electron chi connectivity index (χ2n) is 14.0. The summed E-state index contributed by atoms with van der Waals surface area (Å²) >= 11 is 0.958. The Morgan fingerprint density at radius 2 is 1.71 bits per heavy atom. The third-order valence-corrected chi connectivity index (χ3v) is 11.1. The fourth-order valence-electron chi connectivity index (χ4n) is 7.95. The topological polar surface area (TPSA) is 165 Å². The molecule has 0 radical (unpaired) electrons. The fraction of sp³-hybridized carbons (Fsp3) is 0.611. The van der Waals surface area contributed by atoms with Crippen molar-refractivity contribution >= 4 is 23.0 Å². The maximum Gasteiger partial charge on any atom is 0.373 e. The van der Waals surface area contributed by atoms with E-state index < -0.39 is 71.8 Å². The number of fused-ring (bicyclic) bond motifs is 4. The van der Waals surface area contributed by atoms with Crippen molar-refractivity contribution in [1.82, 2.24) is 0 Å². The quantitative estimate of drug-likeness (QED) is 0.385. The van der Waals surface area contributed by atoms with E-state index in [0.717, 1.165) is 22.9 Å². The molecule has 3 unspecified atom stereocenters. The van der Waals surface area contributed by atoms with Gasteiger partial charge in [0.05, 0.1) is 58.3 Å². The normalized spacial score (nSPS) is 34.2. The lowest BCUT2D eigenvalue weighted by atomic mass is 9.66. The minimum Gasteiger partial charge on any atom is -0.493 e. The average Bonchev–Trinajstić information content (AvgIpc) is 3.84.